The van der Waals surface area contributed by atoms with E-state index in [1.165, 1.54) is 55.2 Å². The molecule has 2 aliphatic carbocycles. The normalized spacial score (nSPS) is 24.1. The summed E-state index contributed by atoms with van der Waals surface area (Å²) in [5, 5.41) is 5.24. The zero-order chi connectivity index (χ0) is 17.2. The second-order valence-corrected chi connectivity index (χ2v) is 8.30. The highest BCUT2D eigenvalue weighted by atomic mass is 35.5. The smallest absolute Gasteiger partial charge is 0.0595 e. The summed E-state index contributed by atoms with van der Waals surface area (Å²) in [5.41, 5.74) is 4.19. The van der Waals surface area contributed by atoms with Gasteiger partial charge < -0.3 is 5.32 Å². The van der Waals surface area contributed by atoms with Gasteiger partial charge in [0, 0.05) is 18.0 Å². The molecule has 0 unspecified atom stereocenters. The summed E-state index contributed by atoms with van der Waals surface area (Å²) in [6.07, 6.45) is 9.14. The lowest BCUT2D eigenvalue weighted by Gasteiger charge is -2.36. The van der Waals surface area contributed by atoms with Crippen LogP contribution in [0.5, 0.6) is 0 Å². The van der Waals surface area contributed by atoms with Crippen molar-refractivity contribution in [2.75, 3.05) is 0 Å². The van der Waals surface area contributed by atoms with Crippen molar-refractivity contribution < 1.29 is 0 Å². The van der Waals surface area contributed by atoms with Crippen molar-refractivity contribution in [2.24, 2.45) is 0 Å². The Kier molecular flexibility index (Phi) is 5.36. The van der Waals surface area contributed by atoms with Gasteiger partial charge in [0.2, 0.25) is 0 Å². The van der Waals surface area contributed by atoms with E-state index in [4.69, 9.17) is 23.2 Å². The lowest BCUT2D eigenvalue weighted by Crippen LogP contribution is -2.36. The SMILES string of the molecule is Clc1ccc([C@@H]2CC[C@@H](NC3CCCCC3)c3ccccc32)cc1Cl. The van der Waals surface area contributed by atoms with Gasteiger partial charge in [0.05, 0.1) is 10.0 Å². The predicted molar refractivity (Wildman–Crippen MR) is 107 cm³/mol. The van der Waals surface area contributed by atoms with Gasteiger partial charge >= 0.3 is 0 Å². The Morgan fingerprint density at radius 3 is 2.28 bits per heavy atom. The third kappa shape index (κ3) is 3.74. The summed E-state index contributed by atoms with van der Waals surface area (Å²) in [6, 6.07) is 16.2. The highest BCUT2D eigenvalue weighted by molar-refractivity contribution is 6.42. The first-order valence-electron chi connectivity index (χ1n) is 9.52. The molecule has 0 amide bonds. The van der Waals surface area contributed by atoms with Gasteiger partial charge in [-0.2, -0.15) is 0 Å². The average molecular weight is 374 g/mol. The predicted octanol–water partition coefficient (Wildman–Crippen LogP) is 6.88. The van der Waals surface area contributed by atoms with Crippen molar-refractivity contribution in [1.82, 2.24) is 5.32 Å². The van der Waals surface area contributed by atoms with Crippen LogP contribution in [0.15, 0.2) is 42.5 Å². The minimum atomic E-state index is 0.412. The van der Waals surface area contributed by atoms with E-state index in [9.17, 15) is 0 Å². The fourth-order valence-corrected chi connectivity index (χ4v) is 4.90. The minimum absolute atomic E-state index is 0.412. The standard InChI is InChI=1S/C22H25Cl2N/c23-20-12-10-15(14-21(20)24)17-11-13-22(19-9-5-4-8-18(17)19)25-16-6-2-1-3-7-16/h4-5,8-10,12,14,16-17,22,25H,1-3,6-7,11,13H2/t17-,22+/m0/s1. The van der Waals surface area contributed by atoms with Crippen LogP contribution in [0.4, 0.5) is 0 Å². The molecule has 0 bridgehead atoms. The Bertz CT molecular complexity index is 737. The zero-order valence-corrected chi connectivity index (χ0v) is 16.0. The lowest BCUT2D eigenvalue weighted by molar-refractivity contribution is 0.317. The van der Waals surface area contributed by atoms with Crippen LogP contribution < -0.4 is 5.32 Å². The maximum absolute atomic E-state index is 6.27. The third-order valence-corrected chi connectivity index (χ3v) is 6.62. The van der Waals surface area contributed by atoms with E-state index in [0.717, 1.165) is 6.42 Å². The van der Waals surface area contributed by atoms with Gasteiger partial charge in [0.1, 0.15) is 0 Å². The van der Waals surface area contributed by atoms with E-state index in [1.807, 2.05) is 12.1 Å². The Balaban J connectivity index is 1.61. The van der Waals surface area contributed by atoms with Crippen molar-refractivity contribution in [1.29, 1.82) is 0 Å². The van der Waals surface area contributed by atoms with Crippen LogP contribution in [-0.2, 0) is 0 Å². The molecule has 0 aliphatic heterocycles. The van der Waals surface area contributed by atoms with E-state index in [-0.39, 0.29) is 0 Å². The maximum atomic E-state index is 6.27. The summed E-state index contributed by atoms with van der Waals surface area (Å²) in [5.74, 6) is 0.412. The third-order valence-electron chi connectivity index (χ3n) is 5.88. The van der Waals surface area contributed by atoms with Crippen LogP contribution in [-0.4, -0.2) is 6.04 Å². The number of fused-ring (bicyclic) bond motifs is 1. The fourth-order valence-electron chi connectivity index (χ4n) is 4.59. The van der Waals surface area contributed by atoms with Crippen molar-refractivity contribution in [3.8, 4) is 0 Å². The van der Waals surface area contributed by atoms with Gasteiger partial charge in [0.15, 0.2) is 0 Å². The first-order valence-corrected chi connectivity index (χ1v) is 10.3. The van der Waals surface area contributed by atoms with Gasteiger partial charge in [-0.3, -0.25) is 0 Å². The molecule has 2 aromatic rings. The number of halogens is 2. The van der Waals surface area contributed by atoms with Crippen LogP contribution in [0.1, 0.15) is 73.6 Å². The average Bonchev–Trinajstić information content (AvgIpc) is 2.65. The quantitative estimate of drug-likeness (QED) is 0.617. The van der Waals surface area contributed by atoms with Gasteiger partial charge in [-0.25, -0.2) is 0 Å². The molecule has 1 N–H and O–H groups in total. The first-order chi connectivity index (χ1) is 12.2. The molecule has 1 saturated carbocycles. The molecule has 0 spiro atoms. The topological polar surface area (TPSA) is 12.0 Å². The van der Waals surface area contributed by atoms with Crippen LogP contribution in [0.25, 0.3) is 0 Å². The molecule has 4 rings (SSSR count). The molecule has 0 heterocycles. The molecule has 3 heteroatoms. The second kappa shape index (κ2) is 7.70. The molecule has 2 aromatic carbocycles. The summed E-state index contributed by atoms with van der Waals surface area (Å²) in [6.45, 7) is 0. The van der Waals surface area contributed by atoms with Gasteiger partial charge in [-0.15, -0.1) is 0 Å². The Hall–Kier alpha value is -1.02. The van der Waals surface area contributed by atoms with E-state index in [0.29, 0.717) is 28.0 Å². The van der Waals surface area contributed by atoms with Crippen LogP contribution in [0, 0.1) is 0 Å². The number of benzene rings is 2. The number of rotatable bonds is 3. The lowest BCUT2D eigenvalue weighted by atomic mass is 9.76. The molecule has 1 nitrogen and oxygen atoms in total. The van der Waals surface area contributed by atoms with Crippen LogP contribution >= 0.6 is 23.2 Å². The van der Waals surface area contributed by atoms with Crippen LogP contribution in [0.3, 0.4) is 0 Å². The Morgan fingerprint density at radius 2 is 1.52 bits per heavy atom. The van der Waals surface area contributed by atoms with Crippen molar-refractivity contribution in [3.63, 3.8) is 0 Å². The maximum Gasteiger partial charge on any atom is 0.0595 e. The van der Waals surface area contributed by atoms with Gasteiger partial charge in [0.25, 0.3) is 0 Å². The minimum Gasteiger partial charge on any atom is -0.307 e. The van der Waals surface area contributed by atoms with E-state index >= 15 is 0 Å². The molecule has 2 aliphatic rings. The number of hydrogen-bond donors (Lipinski definition) is 1. The monoisotopic (exact) mass is 373 g/mol. The molecular formula is C22H25Cl2N. The summed E-state index contributed by atoms with van der Waals surface area (Å²) >= 11 is 12.4. The van der Waals surface area contributed by atoms with Crippen molar-refractivity contribution in [2.45, 2.75) is 62.9 Å². The summed E-state index contributed by atoms with van der Waals surface area (Å²) < 4.78 is 0. The number of nitrogens with one attached hydrogen (secondary N) is 1. The largest absolute Gasteiger partial charge is 0.307 e. The van der Waals surface area contributed by atoms with E-state index in [2.05, 4.69) is 35.6 Å². The summed E-state index contributed by atoms with van der Waals surface area (Å²) in [4.78, 5) is 0. The molecule has 0 saturated heterocycles. The van der Waals surface area contributed by atoms with E-state index < -0.39 is 0 Å². The second-order valence-electron chi connectivity index (χ2n) is 7.49. The Labute approximate surface area is 160 Å². The molecule has 132 valence electrons. The molecular weight excluding hydrogens is 349 g/mol. The van der Waals surface area contributed by atoms with Gasteiger partial charge in [-0.1, -0.05) is 72.8 Å². The highest BCUT2D eigenvalue weighted by Gasteiger charge is 2.29. The van der Waals surface area contributed by atoms with Gasteiger partial charge in [-0.05, 0) is 54.5 Å². The molecule has 2 atom stereocenters. The Morgan fingerprint density at radius 1 is 0.760 bits per heavy atom. The number of hydrogen-bond acceptors (Lipinski definition) is 1. The molecule has 0 radical (unpaired) electrons. The molecule has 25 heavy (non-hydrogen) atoms. The van der Waals surface area contributed by atoms with Crippen LogP contribution in [0.2, 0.25) is 10.0 Å². The first kappa shape index (κ1) is 17.4. The van der Waals surface area contributed by atoms with Crippen molar-refractivity contribution >= 4 is 23.2 Å². The van der Waals surface area contributed by atoms with Crippen molar-refractivity contribution in [3.05, 3.63) is 69.2 Å². The molecule has 0 aromatic heterocycles. The summed E-state index contributed by atoms with van der Waals surface area (Å²) in [7, 11) is 0. The van der Waals surface area contributed by atoms with E-state index in [1.54, 1.807) is 0 Å². The highest BCUT2D eigenvalue weighted by Crippen LogP contribution is 2.42. The zero-order valence-electron chi connectivity index (χ0n) is 14.5. The molecule has 1 fully saturated rings. The fraction of sp³-hybridized carbons (Fsp3) is 0.455.